The van der Waals surface area contributed by atoms with Gasteiger partial charge in [-0.25, -0.2) is 4.98 Å². The van der Waals surface area contributed by atoms with Crippen LogP contribution in [0.25, 0.3) is 11.0 Å². The van der Waals surface area contributed by atoms with Gasteiger partial charge in [0, 0.05) is 6.92 Å². The highest BCUT2D eigenvalue weighted by molar-refractivity contribution is 8.01. The molecule has 1 unspecified atom stereocenters. The zero-order chi connectivity index (χ0) is 18.1. The molecule has 8 heteroatoms. The van der Waals surface area contributed by atoms with Crippen molar-refractivity contribution in [3.8, 4) is 0 Å². The Bertz CT molecular complexity index is 982. The number of hydrazone groups is 1. The van der Waals surface area contributed by atoms with Gasteiger partial charge in [-0.05, 0) is 24.3 Å². The van der Waals surface area contributed by atoms with E-state index in [9.17, 15) is 9.59 Å². The van der Waals surface area contributed by atoms with E-state index in [0.29, 0.717) is 16.7 Å². The second-order valence-electron chi connectivity index (χ2n) is 5.71. The van der Waals surface area contributed by atoms with E-state index in [1.807, 2.05) is 42.5 Å². The maximum absolute atomic E-state index is 12.9. The molecular formula is C18H15N5O2S. The number of aromatic amines is 1. The van der Waals surface area contributed by atoms with Gasteiger partial charge in [-0.3, -0.25) is 9.59 Å². The number of carbonyl (C=O) groups excluding carboxylic acids is 2. The largest absolute Gasteiger partial charge is 0.333 e. The Labute approximate surface area is 153 Å². The first kappa shape index (κ1) is 16.3. The van der Waals surface area contributed by atoms with Crippen molar-refractivity contribution in [3.05, 3.63) is 54.6 Å². The Morgan fingerprint density at radius 1 is 1.15 bits per heavy atom. The van der Waals surface area contributed by atoms with Crippen molar-refractivity contribution in [2.75, 3.05) is 5.01 Å². The number of hydrogen-bond donors (Lipinski definition) is 2. The molecule has 26 heavy (non-hydrogen) atoms. The van der Waals surface area contributed by atoms with Crippen molar-refractivity contribution in [1.82, 2.24) is 15.3 Å². The molecule has 3 aromatic rings. The van der Waals surface area contributed by atoms with Crippen molar-refractivity contribution in [1.29, 1.82) is 0 Å². The van der Waals surface area contributed by atoms with Crippen LogP contribution in [0.2, 0.25) is 0 Å². The highest BCUT2D eigenvalue weighted by atomic mass is 32.2. The van der Waals surface area contributed by atoms with Crippen molar-refractivity contribution < 1.29 is 9.59 Å². The fourth-order valence-electron chi connectivity index (χ4n) is 2.67. The van der Waals surface area contributed by atoms with Gasteiger partial charge in [0.2, 0.25) is 5.91 Å². The normalized spacial score (nSPS) is 16.8. The van der Waals surface area contributed by atoms with Crippen LogP contribution < -0.4 is 10.3 Å². The molecular weight excluding hydrogens is 350 g/mol. The van der Waals surface area contributed by atoms with Gasteiger partial charge in [0.15, 0.2) is 16.2 Å². The molecule has 0 fully saturated rings. The summed E-state index contributed by atoms with van der Waals surface area (Å²) in [5, 5.41) is 8.20. The molecule has 0 saturated carbocycles. The third-order valence-electron chi connectivity index (χ3n) is 3.79. The Morgan fingerprint density at radius 2 is 1.88 bits per heavy atom. The Kier molecular flexibility index (Phi) is 4.18. The summed E-state index contributed by atoms with van der Waals surface area (Å²) in [7, 11) is 0. The van der Waals surface area contributed by atoms with Crippen LogP contribution in [-0.2, 0) is 9.59 Å². The van der Waals surface area contributed by atoms with E-state index in [4.69, 9.17) is 0 Å². The van der Waals surface area contributed by atoms with Crippen LogP contribution >= 0.6 is 11.8 Å². The Morgan fingerprint density at radius 3 is 2.62 bits per heavy atom. The van der Waals surface area contributed by atoms with E-state index in [1.165, 1.54) is 23.7 Å². The molecule has 1 aromatic heterocycles. The van der Waals surface area contributed by atoms with Gasteiger partial charge in [-0.2, -0.15) is 5.01 Å². The zero-order valence-corrected chi connectivity index (χ0v) is 14.7. The topological polar surface area (TPSA) is 90.4 Å². The van der Waals surface area contributed by atoms with E-state index < -0.39 is 5.25 Å². The fourth-order valence-corrected chi connectivity index (χ4v) is 3.63. The smallest absolute Gasteiger partial charge is 0.268 e. The number of para-hydroxylation sites is 3. The summed E-state index contributed by atoms with van der Waals surface area (Å²) in [4.78, 5) is 32.1. The second kappa shape index (κ2) is 6.64. The quantitative estimate of drug-likeness (QED) is 0.746. The molecule has 2 aromatic carbocycles. The summed E-state index contributed by atoms with van der Waals surface area (Å²) in [6.45, 7) is 1.39. The number of nitrogens with one attached hydrogen (secondary N) is 2. The van der Waals surface area contributed by atoms with E-state index >= 15 is 0 Å². The third kappa shape index (κ3) is 3.06. The lowest BCUT2D eigenvalue weighted by Crippen LogP contribution is -2.37. The number of benzene rings is 2. The van der Waals surface area contributed by atoms with Crippen molar-refractivity contribution in [2.24, 2.45) is 5.10 Å². The maximum Gasteiger partial charge on any atom is 0.268 e. The van der Waals surface area contributed by atoms with Crippen LogP contribution in [0.1, 0.15) is 6.92 Å². The molecule has 0 aliphatic carbocycles. The van der Waals surface area contributed by atoms with E-state index in [-0.39, 0.29) is 11.8 Å². The number of thioether (sulfide) groups is 1. The molecule has 7 nitrogen and oxygen atoms in total. The Hall–Kier alpha value is -3.13. The molecule has 130 valence electrons. The molecule has 0 bridgehead atoms. The number of nitrogens with zero attached hydrogens (tertiary/aromatic N) is 3. The van der Waals surface area contributed by atoms with Gasteiger partial charge in [0.25, 0.3) is 5.91 Å². The van der Waals surface area contributed by atoms with Crippen molar-refractivity contribution in [2.45, 2.75) is 17.3 Å². The lowest BCUT2D eigenvalue weighted by Gasteiger charge is -2.13. The summed E-state index contributed by atoms with van der Waals surface area (Å²) in [6.07, 6.45) is 0. The van der Waals surface area contributed by atoms with Crippen LogP contribution in [0.3, 0.4) is 0 Å². The number of rotatable bonds is 3. The average molecular weight is 365 g/mol. The molecule has 0 radical (unpaired) electrons. The fraction of sp³-hybridized carbons (Fsp3) is 0.111. The summed E-state index contributed by atoms with van der Waals surface area (Å²) in [5.74, 6) is -0.205. The van der Waals surface area contributed by atoms with Gasteiger partial charge in [-0.1, -0.05) is 42.1 Å². The number of fused-ring (bicyclic) bond motifs is 1. The van der Waals surface area contributed by atoms with Gasteiger partial charge in [-0.15, -0.1) is 5.10 Å². The van der Waals surface area contributed by atoms with Crippen LogP contribution in [0.5, 0.6) is 0 Å². The standard InChI is InChI=1S/C18H15N5O2S/c1-11(24)19-16-15(17(25)23(22-16)12-7-3-2-4-8-12)26-18-20-13-9-5-6-10-14(13)21-18/h2-10,15H,1H3,(H,20,21)(H,19,22,24). The highest BCUT2D eigenvalue weighted by Gasteiger charge is 2.39. The second-order valence-corrected chi connectivity index (χ2v) is 6.80. The van der Waals surface area contributed by atoms with E-state index in [2.05, 4.69) is 20.4 Å². The zero-order valence-electron chi connectivity index (χ0n) is 13.8. The van der Waals surface area contributed by atoms with Gasteiger partial charge in [0.1, 0.15) is 0 Å². The van der Waals surface area contributed by atoms with Crippen molar-refractivity contribution >= 4 is 46.1 Å². The average Bonchev–Trinajstić information content (AvgIpc) is 3.18. The highest BCUT2D eigenvalue weighted by Crippen LogP contribution is 2.30. The number of H-pyrrole nitrogens is 1. The summed E-state index contributed by atoms with van der Waals surface area (Å²) in [6, 6.07) is 16.7. The molecule has 4 rings (SSSR count). The molecule has 0 saturated heterocycles. The first-order valence-corrected chi connectivity index (χ1v) is 8.86. The number of anilines is 1. The molecule has 2 heterocycles. The third-order valence-corrected chi connectivity index (χ3v) is 4.87. The number of carbonyl (C=O) groups is 2. The minimum Gasteiger partial charge on any atom is -0.333 e. The molecule has 1 atom stereocenters. The lowest BCUT2D eigenvalue weighted by atomic mass is 10.3. The summed E-state index contributed by atoms with van der Waals surface area (Å²) >= 11 is 1.23. The number of amides is 2. The van der Waals surface area contributed by atoms with E-state index in [1.54, 1.807) is 12.1 Å². The molecule has 0 spiro atoms. The lowest BCUT2D eigenvalue weighted by molar-refractivity contribution is -0.117. The molecule has 2 N–H and O–H groups in total. The van der Waals surface area contributed by atoms with Crippen molar-refractivity contribution in [3.63, 3.8) is 0 Å². The molecule has 2 amide bonds. The Balaban J connectivity index is 1.65. The number of hydrogen-bond acceptors (Lipinski definition) is 5. The van der Waals surface area contributed by atoms with Crippen LogP contribution in [0.4, 0.5) is 5.69 Å². The summed E-state index contributed by atoms with van der Waals surface area (Å²) in [5.41, 5.74) is 2.35. The minimum absolute atomic E-state index is 0.231. The first-order valence-electron chi connectivity index (χ1n) is 7.98. The predicted octanol–water partition coefficient (Wildman–Crippen LogP) is 2.52. The van der Waals surface area contributed by atoms with Crippen LogP contribution in [0.15, 0.2) is 64.9 Å². The van der Waals surface area contributed by atoms with Gasteiger partial charge in [0.05, 0.1) is 16.7 Å². The monoisotopic (exact) mass is 365 g/mol. The maximum atomic E-state index is 12.9. The van der Waals surface area contributed by atoms with Gasteiger partial charge < -0.3 is 10.3 Å². The number of aromatic nitrogens is 2. The number of imidazole rings is 1. The first-order chi connectivity index (χ1) is 12.6. The van der Waals surface area contributed by atoms with Crippen LogP contribution in [0, 0.1) is 0 Å². The van der Waals surface area contributed by atoms with E-state index in [0.717, 1.165) is 11.0 Å². The van der Waals surface area contributed by atoms with Gasteiger partial charge >= 0.3 is 0 Å². The van der Waals surface area contributed by atoms with Crippen LogP contribution in [-0.4, -0.2) is 32.9 Å². The molecule has 1 aliphatic heterocycles. The SMILES string of the molecule is CC(=O)NC1=NN(c2ccccc2)C(=O)C1Sc1nc2ccccc2[nH]1. The predicted molar refractivity (Wildman–Crippen MR) is 101 cm³/mol. The molecule has 1 aliphatic rings. The number of amidine groups is 1. The minimum atomic E-state index is -0.681. The summed E-state index contributed by atoms with van der Waals surface area (Å²) < 4.78 is 0.